The Balaban J connectivity index is 2.68. The van der Waals surface area contributed by atoms with Crippen LogP contribution in [-0.2, 0) is 2.85 Å². The van der Waals surface area contributed by atoms with Crippen LogP contribution in [0.25, 0.3) is 0 Å². The van der Waals surface area contributed by atoms with Crippen LogP contribution in [0.15, 0.2) is 12.1 Å². The summed E-state index contributed by atoms with van der Waals surface area (Å²) >= 11 is -0.962. The van der Waals surface area contributed by atoms with Crippen LogP contribution in [0.3, 0.4) is 0 Å². The van der Waals surface area contributed by atoms with E-state index in [9.17, 15) is 4.39 Å². The minimum atomic E-state index is -0.962. The molecule has 0 aromatic rings. The van der Waals surface area contributed by atoms with Gasteiger partial charge in [-0.15, -0.1) is 0 Å². The van der Waals surface area contributed by atoms with Gasteiger partial charge in [0.2, 0.25) is 0 Å². The molecule has 0 aromatic carbocycles. The molecule has 1 heterocycles. The van der Waals surface area contributed by atoms with E-state index >= 15 is 0 Å². The van der Waals surface area contributed by atoms with Gasteiger partial charge in [-0.3, -0.25) is 0 Å². The van der Waals surface area contributed by atoms with E-state index < -0.39 is 22.9 Å². The molecule has 0 amide bonds. The molecule has 0 aliphatic carbocycles. The van der Waals surface area contributed by atoms with Gasteiger partial charge in [0.25, 0.3) is 0 Å². The molecule has 0 saturated heterocycles. The molecule has 0 atom stereocenters. The van der Waals surface area contributed by atoms with Crippen molar-refractivity contribution in [2.45, 2.75) is 0 Å². The molecule has 1 nitrogen and oxygen atoms in total. The monoisotopic (exact) mass is 188 g/mol. The van der Waals surface area contributed by atoms with Gasteiger partial charge in [-0.25, -0.2) is 0 Å². The summed E-state index contributed by atoms with van der Waals surface area (Å²) in [5, 5.41) is 0. The van der Waals surface area contributed by atoms with Crippen LogP contribution in [0.5, 0.6) is 0 Å². The number of allylic oxidation sites excluding steroid dienone is 1. The Labute approximate surface area is 46.2 Å². The fraction of sp³-hybridized carbons (Fsp3) is 0. The molecule has 0 aromatic heterocycles. The predicted octanol–water partition coefficient (Wildman–Crippen LogP) is 0.249. The molecule has 30 valence electrons. The number of halogens is 1. The fourth-order valence-corrected chi connectivity index (χ4v) is 1.66. The van der Waals surface area contributed by atoms with Crippen molar-refractivity contribution < 1.29 is 7.24 Å². The Bertz CT molecular complexity index is 105. The van der Waals surface area contributed by atoms with E-state index in [2.05, 4.69) is 2.85 Å². The molecule has 0 radical (unpaired) electrons. The molecule has 0 fully saturated rings. The maximum absolute atomic E-state index is 11.7. The SMILES string of the molecule is FC1=C[O][In]=[CH]1. The molecule has 0 unspecified atom stereocenters. The van der Waals surface area contributed by atoms with Crippen molar-refractivity contribution in [1.82, 2.24) is 0 Å². The summed E-state index contributed by atoms with van der Waals surface area (Å²) in [5.74, 6) is -0.184. The predicted molar refractivity (Wildman–Crippen MR) is 22.1 cm³/mol. The topological polar surface area (TPSA) is 9.23 Å². The Morgan fingerprint density at radius 3 is 2.83 bits per heavy atom. The van der Waals surface area contributed by atoms with Gasteiger partial charge >= 0.3 is 46.0 Å². The Hall–Kier alpha value is 0.210. The van der Waals surface area contributed by atoms with Crippen molar-refractivity contribution in [2.75, 3.05) is 0 Å². The van der Waals surface area contributed by atoms with Crippen molar-refractivity contribution in [3.05, 3.63) is 12.1 Å². The van der Waals surface area contributed by atoms with Gasteiger partial charge in [0.1, 0.15) is 0 Å². The van der Waals surface area contributed by atoms with E-state index in [1.165, 1.54) is 6.26 Å². The molecule has 0 saturated carbocycles. The molecule has 1 aliphatic rings. The summed E-state index contributed by atoms with van der Waals surface area (Å²) in [7, 11) is 0. The van der Waals surface area contributed by atoms with Crippen LogP contribution >= 0.6 is 0 Å². The number of rotatable bonds is 0. The van der Waals surface area contributed by atoms with Crippen LogP contribution in [0.2, 0.25) is 0 Å². The molecule has 0 spiro atoms. The molecular formula is C3H2FInO. The summed E-state index contributed by atoms with van der Waals surface area (Å²) in [6, 6.07) is 0. The van der Waals surface area contributed by atoms with Crippen LogP contribution in [0, 0.1) is 0 Å². The summed E-state index contributed by atoms with van der Waals surface area (Å²) < 4.78 is 17.9. The molecule has 0 bridgehead atoms. The average molecular weight is 188 g/mol. The van der Waals surface area contributed by atoms with E-state index in [1.54, 1.807) is 3.76 Å². The van der Waals surface area contributed by atoms with Gasteiger partial charge in [0, 0.05) is 0 Å². The van der Waals surface area contributed by atoms with Crippen molar-refractivity contribution in [1.29, 1.82) is 0 Å². The second-order valence-electron chi connectivity index (χ2n) is 0.942. The Kier molecular flexibility index (Phi) is 1.29. The molecule has 1 rings (SSSR count). The minimum absolute atomic E-state index is 0.184. The second kappa shape index (κ2) is 1.78. The molecular weight excluding hydrogens is 186 g/mol. The van der Waals surface area contributed by atoms with Gasteiger partial charge in [-0.1, -0.05) is 0 Å². The van der Waals surface area contributed by atoms with E-state index in [-0.39, 0.29) is 5.83 Å². The summed E-state index contributed by atoms with van der Waals surface area (Å²) in [4.78, 5) is 0. The van der Waals surface area contributed by atoms with Gasteiger partial charge < -0.3 is 0 Å². The van der Waals surface area contributed by atoms with Gasteiger partial charge in [-0.05, 0) is 0 Å². The van der Waals surface area contributed by atoms with Gasteiger partial charge in [-0.2, -0.15) is 0 Å². The van der Waals surface area contributed by atoms with Crippen molar-refractivity contribution >= 4 is 26.6 Å². The first-order chi connectivity index (χ1) is 2.89. The zero-order chi connectivity index (χ0) is 4.41. The first-order valence-electron chi connectivity index (χ1n) is 1.57. The second-order valence-corrected chi connectivity index (χ2v) is 3.45. The van der Waals surface area contributed by atoms with E-state index in [4.69, 9.17) is 0 Å². The first-order valence-corrected chi connectivity index (χ1v) is 4.82. The van der Waals surface area contributed by atoms with E-state index in [1.807, 2.05) is 0 Å². The maximum atomic E-state index is 11.7. The third kappa shape index (κ3) is 0.835. The summed E-state index contributed by atoms with van der Waals surface area (Å²) in [6.07, 6.45) is 1.18. The van der Waals surface area contributed by atoms with Crippen LogP contribution in [0.4, 0.5) is 4.39 Å². The van der Waals surface area contributed by atoms with Crippen molar-refractivity contribution in [2.24, 2.45) is 0 Å². The Morgan fingerprint density at radius 2 is 2.67 bits per heavy atom. The van der Waals surface area contributed by atoms with Gasteiger partial charge in [0.15, 0.2) is 0 Å². The van der Waals surface area contributed by atoms with Gasteiger partial charge in [0.05, 0.1) is 0 Å². The third-order valence-electron chi connectivity index (χ3n) is 0.486. The molecule has 0 N–H and O–H groups in total. The number of hydrogen-bond donors (Lipinski definition) is 0. The van der Waals surface area contributed by atoms with E-state index in [0.29, 0.717) is 0 Å². The number of hydrogen-bond acceptors (Lipinski definition) is 1. The standard InChI is InChI=1S/C3H3FO.In/c1-3(4)2-5;/h1-2,5H;/q;+1/p-1. The molecule has 6 heavy (non-hydrogen) atoms. The summed E-state index contributed by atoms with van der Waals surface area (Å²) in [6.45, 7) is 0. The van der Waals surface area contributed by atoms with Crippen molar-refractivity contribution in [3.63, 3.8) is 0 Å². The zero-order valence-electron chi connectivity index (χ0n) is 3.02. The third-order valence-corrected chi connectivity index (χ3v) is 2.62. The van der Waals surface area contributed by atoms with Crippen molar-refractivity contribution in [3.8, 4) is 0 Å². The first kappa shape index (κ1) is 4.37. The van der Waals surface area contributed by atoms with Crippen LogP contribution in [-0.4, -0.2) is 26.6 Å². The zero-order valence-corrected chi connectivity index (χ0v) is 6.31. The summed E-state index contributed by atoms with van der Waals surface area (Å²) in [5.41, 5.74) is 0. The quantitative estimate of drug-likeness (QED) is 0.529. The van der Waals surface area contributed by atoms with Crippen LogP contribution < -0.4 is 0 Å². The fourth-order valence-electron chi connectivity index (χ4n) is 0.248. The van der Waals surface area contributed by atoms with E-state index in [0.717, 1.165) is 0 Å². The molecule has 3 heteroatoms. The Morgan fingerprint density at radius 1 is 1.83 bits per heavy atom. The van der Waals surface area contributed by atoms with Crippen LogP contribution in [0.1, 0.15) is 0 Å². The average Bonchev–Trinajstić information content (AvgIpc) is 1.86. The normalized spacial score (nSPS) is 15.8. The molecule has 1 aliphatic heterocycles.